The molecule has 3 N–H and O–H groups in total. The third-order valence-electron chi connectivity index (χ3n) is 8.37. The van der Waals surface area contributed by atoms with Gasteiger partial charge < -0.3 is 15.5 Å². The molecule has 2 aromatic carbocycles. The fourth-order valence-electron chi connectivity index (χ4n) is 5.98. The lowest BCUT2D eigenvalue weighted by Crippen LogP contribution is -2.44. The van der Waals surface area contributed by atoms with Gasteiger partial charge in [-0.1, -0.05) is 31.2 Å². The van der Waals surface area contributed by atoms with Crippen molar-refractivity contribution in [2.75, 3.05) is 28.2 Å². The van der Waals surface area contributed by atoms with Gasteiger partial charge in [0.25, 0.3) is 5.91 Å². The van der Waals surface area contributed by atoms with Crippen LogP contribution >= 0.6 is 0 Å². The Labute approximate surface area is 218 Å². The van der Waals surface area contributed by atoms with Crippen LogP contribution in [-0.4, -0.2) is 70.6 Å². The maximum atomic E-state index is 12.9. The molecule has 37 heavy (non-hydrogen) atoms. The van der Waals surface area contributed by atoms with E-state index in [-0.39, 0.29) is 11.9 Å². The number of nitrogens with two attached hydrogens (primary N) is 1. The summed E-state index contributed by atoms with van der Waals surface area (Å²) in [5.74, 6) is 1.18. The number of rotatable bonds is 7. The third-order valence-corrected chi connectivity index (χ3v) is 8.37. The molecule has 2 atom stereocenters. The summed E-state index contributed by atoms with van der Waals surface area (Å²) in [6.45, 7) is 4.29. The number of nitrogens with one attached hydrogen (secondary N) is 1. The molecule has 1 heterocycles. The van der Waals surface area contributed by atoms with Gasteiger partial charge in [-0.3, -0.25) is 4.79 Å². The van der Waals surface area contributed by atoms with Gasteiger partial charge >= 0.3 is 0 Å². The van der Waals surface area contributed by atoms with Crippen LogP contribution in [0.5, 0.6) is 0 Å². The van der Waals surface area contributed by atoms with Crippen LogP contribution in [-0.2, 0) is 18.3 Å². The van der Waals surface area contributed by atoms with Gasteiger partial charge in [-0.05, 0) is 94.5 Å². The van der Waals surface area contributed by atoms with E-state index in [0.717, 1.165) is 48.1 Å². The van der Waals surface area contributed by atoms with Crippen molar-refractivity contribution in [3.63, 3.8) is 0 Å². The van der Waals surface area contributed by atoms with Gasteiger partial charge in [0.1, 0.15) is 0 Å². The van der Waals surface area contributed by atoms with Crippen LogP contribution in [0, 0.1) is 5.92 Å². The Morgan fingerprint density at radius 3 is 2.19 bits per heavy atom. The summed E-state index contributed by atoms with van der Waals surface area (Å²) in [7, 11) is 7.58. The molecule has 0 radical (unpaired) electrons. The number of aromatic nitrogens is 4. The summed E-state index contributed by atoms with van der Waals surface area (Å²) in [4.78, 5) is 16.5. The van der Waals surface area contributed by atoms with Crippen molar-refractivity contribution in [1.82, 2.24) is 30.4 Å². The van der Waals surface area contributed by atoms with Crippen LogP contribution < -0.4 is 5.73 Å². The molecule has 1 fully saturated rings. The number of carbonyl (C=O) groups excluding carboxylic acids is 1. The number of hydrogen-bond acceptors (Lipinski definition) is 6. The van der Waals surface area contributed by atoms with Gasteiger partial charge in [0, 0.05) is 45.5 Å². The third kappa shape index (κ3) is 4.33. The number of aryl methyl sites for hydroxylation is 2. The zero-order valence-corrected chi connectivity index (χ0v) is 22.3. The highest BCUT2D eigenvalue weighted by Gasteiger charge is 2.46. The zero-order valence-electron chi connectivity index (χ0n) is 22.3. The van der Waals surface area contributed by atoms with Crippen LogP contribution in [0.4, 0.5) is 0 Å². The predicted octanol–water partition coefficient (Wildman–Crippen LogP) is 3.38. The van der Waals surface area contributed by atoms with E-state index in [2.05, 4.69) is 57.5 Å². The number of benzene rings is 2. The molecule has 1 unspecified atom stereocenters. The average molecular weight is 500 g/mol. The first kappa shape index (κ1) is 25.1. The van der Waals surface area contributed by atoms with Crippen LogP contribution in [0.25, 0.3) is 5.70 Å². The molecule has 3 aromatic rings. The largest absolute Gasteiger partial charge is 0.378 e. The second-order valence-corrected chi connectivity index (χ2v) is 11.0. The number of H-pyrrole nitrogens is 1. The van der Waals surface area contributed by atoms with Gasteiger partial charge in [-0.15, -0.1) is 5.10 Å². The Hall–Kier alpha value is -3.52. The summed E-state index contributed by atoms with van der Waals surface area (Å²) >= 11 is 0. The van der Waals surface area contributed by atoms with Gasteiger partial charge in [0.05, 0.1) is 5.41 Å². The highest BCUT2D eigenvalue weighted by molar-refractivity contribution is 5.94. The van der Waals surface area contributed by atoms with Gasteiger partial charge in [-0.2, -0.15) is 0 Å². The molecule has 0 aliphatic heterocycles. The van der Waals surface area contributed by atoms with Crippen molar-refractivity contribution in [3.8, 4) is 0 Å². The van der Waals surface area contributed by atoms with Crippen LogP contribution in [0.2, 0.25) is 0 Å². The molecular weight excluding hydrogens is 462 g/mol. The molecule has 1 amide bonds. The number of carbonyl (C=O) groups is 1. The van der Waals surface area contributed by atoms with Crippen LogP contribution in [0.3, 0.4) is 0 Å². The topological polar surface area (TPSA) is 104 Å². The highest BCUT2D eigenvalue weighted by atomic mass is 16.2. The first-order valence-corrected chi connectivity index (χ1v) is 13.1. The van der Waals surface area contributed by atoms with E-state index < -0.39 is 5.41 Å². The van der Waals surface area contributed by atoms with Gasteiger partial charge in [0.2, 0.25) is 0 Å². The molecule has 0 saturated heterocycles. The van der Waals surface area contributed by atoms with Gasteiger partial charge in [0.15, 0.2) is 5.82 Å². The minimum Gasteiger partial charge on any atom is -0.378 e. The number of aromatic amines is 1. The second-order valence-electron chi connectivity index (χ2n) is 11.0. The van der Waals surface area contributed by atoms with E-state index in [9.17, 15) is 4.79 Å². The van der Waals surface area contributed by atoms with Crippen LogP contribution in [0.1, 0.15) is 69.7 Å². The van der Waals surface area contributed by atoms with Crippen molar-refractivity contribution in [2.24, 2.45) is 11.7 Å². The highest BCUT2D eigenvalue weighted by Crippen LogP contribution is 2.48. The molecule has 2 aliphatic carbocycles. The fourth-order valence-corrected chi connectivity index (χ4v) is 5.98. The number of nitrogens with zero attached hydrogens (tertiary/aromatic N) is 5. The Balaban J connectivity index is 1.75. The maximum absolute atomic E-state index is 12.9. The van der Waals surface area contributed by atoms with E-state index >= 15 is 0 Å². The van der Waals surface area contributed by atoms with E-state index in [1.54, 1.807) is 19.0 Å². The zero-order chi connectivity index (χ0) is 26.3. The molecule has 5 rings (SSSR count). The monoisotopic (exact) mass is 499 g/mol. The number of hydrogen-bond donors (Lipinski definition) is 2. The second kappa shape index (κ2) is 9.74. The number of fused-ring (bicyclic) bond motifs is 2. The van der Waals surface area contributed by atoms with Crippen LogP contribution in [0.15, 0.2) is 43.0 Å². The minimum absolute atomic E-state index is 0.00264. The quantitative estimate of drug-likeness (QED) is 0.517. The standard InChI is InChI=1S/C29H37N7O/c1-18(35(2)3)20-11-13-24-21(15-20)9-10-22-16-23(27(37)36(4)5)12-14-25(22)29(24,28-31-33-34-32-28)17-26(30)19-7-6-8-19/h11-16,19,26H,1,6-10,17,30H2,2-5H3,(H,31,32,33,34)/t26-,29?/m0/s1. The van der Waals surface area contributed by atoms with Crippen molar-refractivity contribution < 1.29 is 4.79 Å². The Kier molecular flexibility index (Phi) is 6.62. The number of amides is 1. The van der Waals surface area contributed by atoms with E-state index in [1.165, 1.54) is 17.5 Å². The molecular formula is C29H37N7O. The smallest absolute Gasteiger partial charge is 0.253 e. The van der Waals surface area contributed by atoms with Crippen molar-refractivity contribution in [2.45, 2.75) is 50.0 Å². The predicted molar refractivity (Wildman–Crippen MR) is 145 cm³/mol. The Morgan fingerprint density at radius 1 is 1.05 bits per heavy atom. The molecule has 1 saturated carbocycles. The normalized spacial score (nSPS) is 19.7. The summed E-state index contributed by atoms with van der Waals surface area (Å²) in [6, 6.07) is 12.7. The summed E-state index contributed by atoms with van der Waals surface area (Å²) in [6.07, 6.45) is 5.86. The molecule has 1 aromatic heterocycles. The fraction of sp³-hybridized carbons (Fsp3) is 0.448. The maximum Gasteiger partial charge on any atom is 0.253 e. The Bertz CT molecular complexity index is 1240. The van der Waals surface area contributed by atoms with Gasteiger partial charge in [-0.25, -0.2) is 5.10 Å². The minimum atomic E-state index is -0.655. The summed E-state index contributed by atoms with van der Waals surface area (Å²) in [5.41, 5.74) is 13.7. The lowest BCUT2D eigenvalue weighted by molar-refractivity contribution is 0.0827. The van der Waals surface area contributed by atoms with Crippen molar-refractivity contribution >= 4 is 11.6 Å². The first-order valence-electron chi connectivity index (χ1n) is 13.1. The Morgan fingerprint density at radius 2 is 1.68 bits per heavy atom. The van der Waals surface area contributed by atoms with E-state index in [0.29, 0.717) is 23.7 Å². The van der Waals surface area contributed by atoms with Crippen molar-refractivity contribution in [3.05, 3.63) is 82.2 Å². The lowest BCUT2D eigenvalue weighted by Gasteiger charge is -2.40. The van der Waals surface area contributed by atoms with E-state index in [4.69, 9.17) is 5.73 Å². The molecule has 194 valence electrons. The molecule has 2 aliphatic rings. The SMILES string of the molecule is C=C(c1ccc2c(c1)CCc1cc(C(=O)N(C)C)ccc1C2(C[C@H](N)C1CCC1)c1nnn[nH]1)N(C)C. The average Bonchev–Trinajstić information content (AvgIpc) is 3.35. The molecule has 0 bridgehead atoms. The molecule has 8 heteroatoms. The number of tetrazole rings is 1. The molecule has 8 nitrogen and oxygen atoms in total. The summed E-state index contributed by atoms with van der Waals surface area (Å²) in [5, 5.41) is 15.6. The van der Waals surface area contributed by atoms with E-state index in [1.807, 2.05) is 25.1 Å². The summed E-state index contributed by atoms with van der Waals surface area (Å²) < 4.78 is 0. The first-order chi connectivity index (χ1) is 17.7. The van der Waals surface area contributed by atoms with Crippen molar-refractivity contribution in [1.29, 1.82) is 0 Å². The lowest BCUT2D eigenvalue weighted by atomic mass is 9.64. The molecule has 0 spiro atoms.